The molecule has 1 fully saturated rings. The van der Waals surface area contributed by atoms with Crippen molar-refractivity contribution in [3.8, 4) is 5.13 Å². The highest BCUT2D eigenvalue weighted by Gasteiger charge is 2.34. The first-order chi connectivity index (χ1) is 16.9. The number of pyridine rings is 1. The molecular weight excluding hydrogens is 470 g/mol. The summed E-state index contributed by atoms with van der Waals surface area (Å²) >= 11 is 1.29. The standard InChI is InChI=1S/C23H23N7O4S/c1-3-5-30-13(2)7-15(27-30)8-18(31)14-10-28(11-14)22-25-9-16-19(32)17(21(33)34)12-29(20(16)26-22)23-24-4-6-35-23/h4,6-7,9,12,14H,3,5,8,10-11H2,1-2H3,(H,33,34). The SMILES string of the molecule is CCCn1nc(CC(=O)C2CN(c3ncc4c(=O)c(C(=O)O)cn(-c5nccs5)c4n3)C2)cc1C. The van der Waals surface area contributed by atoms with E-state index in [9.17, 15) is 19.5 Å². The van der Waals surface area contributed by atoms with Gasteiger partial charge in [0.1, 0.15) is 11.3 Å². The first-order valence-electron chi connectivity index (χ1n) is 11.2. The van der Waals surface area contributed by atoms with E-state index in [2.05, 4.69) is 27.0 Å². The molecule has 11 nitrogen and oxygen atoms in total. The quantitative estimate of drug-likeness (QED) is 0.391. The monoisotopic (exact) mass is 493 g/mol. The van der Waals surface area contributed by atoms with Gasteiger partial charge in [0.15, 0.2) is 10.8 Å². The molecule has 4 aromatic heterocycles. The van der Waals surface area contributed by atoms with Crippen LogP contribution in [0.25, 0.3) is 16.2 Å². The number of aromatic nitrogens is 6. The van der Waals surface area contributed by atoms with Gasteiger partial charge in [0.25, 0.3) is 0 Å². The minimum atomic E-state index is -1.33. The second-order valence-electron chi connectivity index (χ2n) is 8.51. The van der Waals surface area contributed by atoms with Gasteiger partial charge in [0.05, 0.1) is 23.4 Å². The molecule has 12 heteroatoms. The van der Waals surface area contributed by atoms with Crippen LogP contribution >= 0.6 is 11.3 Å². The van der Waals surface area contributed by atoms with E-state index in [0.29, 0.717) is 24.2 Å². The average Bonchev–Trinajstić information content (AvgIpc) is 3.43. The fourth-order valence-corrected chi connectivity index (χ4v) is 4.78. The van der Waals surface area contributed by atoms with Gasteiger partial charge in [-0.1, -0.05) is 6.92 Å². The molecule has 5 heterocycles. The Morgan fingerprint density at radius 1 is 1.26 bits per heavy atom. The summed E-state index contributed by atoms with van der Waals surface area (Å²) in [5.41, 5.74) is 1.07. The van der Waals surface area contributed by atoms with E-state index < -0.39 is 11.4 Å². The van der Waals surface area contributed by atoms with Crippen LogP contribution < -0.4 is 10.3 Å². The summed E-state index contributed by atoms with van der Waals surface area (Å²) in [6.07, 6.45) is 5.44. The lowest BCUT2D eigenvalue weighted by atomic mass is 9.93. The predicted octanol–water partition coefficient (Wildman–Crippen LogP) is 2.10. The summed E-state index contributed by atoms with van der Waals surface area (Å²) in [7, 11) is 0. The van der Waals surface area contributed by atoms with Crippen LogP contribution in [-0.4, -0.2) is 59.2 Å². The number of carboxylic acids is 1. The molecular formula is C23H23N7O4S. The van der Waals surface area contributed by atoms with Crippen LogP contribution in [0.5, 0.6) is 0 Å². The number of hydrogen-bond acceptors (Lipinski definition) is 9. The molecule has 5 rings (SSSR count). The Kier molecular flexibility index (Phi) is 5.89. The minimum absolute atomic E-state index is 0.0926. The summed E-state index contributed by atoms with van der Waals surface area (Å²) in [5.74, 6) is -0.988. The first kappa shape index (κ1) is 22.8. The zero-order chi connectivity index (χ0) is 24.7. The van der Waals surface area contributed by atoms with E-state index in [-0.39, 0.29) is 34.7 Å². The van der Waals surface area contributed by atoms with Crippen LogP contribution in [0.4, 0.5) is 5.95 Å². The molecule has 0 amide bonds. The molecule has 0 saturated carbocycles. The van der Waals surface area contributed by atoms with Gasteiger partial charge in [-0.25, -0.2) is 14.8 Å². The number of carbonyl (C=O) groups excluding carboxylic acids is 1. The van der Waals surface area contributed by atoms with E-state index in [1.807, 2.05) is 22.6 Å². The number of nitrogens with zero attached hydrogens (tertiary/aromatic N) is 7. The molecule has 0 radical (unpaired) electrons. The van der Waals surface area contributed by atoms with Gasteiger partial charge in [-0.2, -0.15) is 10.1 Å². The molecule has 1 aliphatic heterocycles. The van der Waals surface area contributed by atoms with Crippen LogP contribution in [-0.2, 0) is 17.8 Å². The molecule has 4 aromatic rings. The number of carboxylic acid groups (broad SMARTS) is 1. The number of fused-ring (bicyclic) bond motifs is 1. The Bertz CT molecular complexity index is 1490. The Labute approximate surface area is 203 Å². The van der Waals surface area contributed by atoms with E-state index in [1.165, 1.54) is 28.3 Å². The van der Waals surface area contributed by atoms with Crippen molar-refractivity contribution in [3.63, 3.8) is 0 Å². The van der Waals surface area contributed by atoms with Gasteiger partial charge in [-0.3, -0.25) is 18.8 Å². The zero-order valence-electron chi connectivity index (χ0n) is 19.2. The van der Waals surface area contributed by atoms with Gasteiger partial charge < -0.3 is 10.0 Å². The zero-order valence-corrected chi connectivity index (χ0v) is 20.0. The number of Topliss-reactive ketones (excluding diaryl/α,β-unsaturated/α-hetero) is 1. The van der Waals surface area contributed by atoms with Crippen LogP contribution in [0.2, 0.25) is 0 Å². The molecule has 0 atom stereocenters. The van der Waals surface area contributed by atoms with Crippen molar-refractivity contribution in [2.75, 3.05) is 18.0 Å². The first-order valence-corrected chi connectivity index (χ1v) is 12.1. The Morgan fingerprint density at radius 2 is 2.06 bits per heavy atom. The third-order valence-electron chi connectivity index (χ3n) is 6.03. The van der Waals surface area contributed by atoms with Crippen molar-refractivity contribution < 1.29 is 14.7 Å². The normalized spacial score (nSPS) is 13.8. The number of ketones is 1. The third-order valence-corrected chi connectivity index (χ3v) is 6.80. The molecule has 1 saturated heterocycles. The molecule has 35 heavy (non-hydrogen) atoms. The van der Waals surface area contributed by atoms with E-state index in [1.54, 1.807) is 11.6 Å². The van der Waals surface area contributed by atoms with E-state index in [0.717, 1.165) is 24.4 Å². The summed E-state index contributed by atoms with van der Waals surface area (Å²) in [6.45, 7) is 5.84. The fourth-order valence-electron chi connectivity index (χ4n) is 4.16. The Morgan fingerprint density at radius 3 is 2.74 bits per heavy atom. The molecule has 180 valence electrons. The topological polar surface area (TPSA) is 136 Å². The van der Waals surface area contributed by atoms with Crippen molar-refractivity contribution in [2.45, 2.75) is 33.2 Å². The maximum atomic E-state index is 12.8. The summed E-state index contributed by atoms with van der Waals surface area (Å²) < 4.78 is 3.42. The summed E-state index contributed by atoms with van der Waals surface area (Å²) in [4.78, 5) is 52.0. The fraction of sp³-hybridized carbons (Fsp3) is 0.348. The molecule has 1 N–H and O–H groups in total. The predicted molar refractivity (Wildman–Crippen MR) is 129 cm³/mol. The number of aryl methyl sites for hydroxylation is 2. The maximum absolute atomic E-state index is 12.8. The number of thiazole rings is 1. The number of aromatic carboxylic acids is 1. The van der Waals surface area contributed by atoms with Gasteiger partial charge in [-0.05, 0) is 19.4 Å². The van der Waals surface area contributed by atoms with Gasteiger partial charge in [-0.15, -0.1) is 11.3 Å². The van der Waals surface area contributed by atoms with Gasteiger partial charge >= 0.3 is 5.97 Å². The van der Waals surface area contributed by atoms with Crippen molar-refractivity contribution in [1.29, 1.82) is 0 Å². The average molecular weight is 494 g/mol. The third kappa shape index (κ3) is 4.20. The molecule has 0 bridgehead atoms. The highest BCUT2D eigenvalue weighted by Crippen LogP contribution is 2.25. The molecule has 0 aromatic carbocycles. The lowest BCUT2D eigenvalue weighted by Crippen LogP contribution is -2.51. The van der Waals surface area contributed by atoms with Crippen LogP contribution in [0.3, 0.4) is 0 Å². The van der Waals surface area contributed by atoms with Crippen LogP contribution in [0, 0.1) is 12.8 Å². The number of hydrogen-bond donors (Lipinski definition) is 1. The van der Waals surface area contributed by atoms with E-state index in [4.69, 9.17) is 0 Å². The van der Waals surface area contributed by atoms with Crippen molar-refractivity contribution in [3.05, 3.63) is 57.2 Å². The van der Waals surface area contributed by atoms with Crippen molar-refractivity contribution in [1.82, 2.24) is 29.3 Å². The van der Waals surface area contributed by atoms with Gasteiger partial charge in [0, 0.05) is 49.3 Å². The van der Waals surface area contributed by atoms with Crippen molar-refractivity contribution in [2.24, 2.45) is 5.92 Å². The van der Waals surface area contributed by atoms with Gasteiger partial charge in [0.2, 0.25) is 11.4 Å². The largest absolute Gasteiger partial charge is 0.477 e. The maximum Gasteiger partial charge on any atom is 0.341 e. The Hall–Kier alpha value is -3.93. The molecule has 0 unspecified atom stereocenters. The minimum Gasteiger partial charge on any atom is -0.477 e. The van der Waals surface area contributed by atoms with E-state index >= 15 is 0 Å². The smallest absolute Gasteiger partial charge is 0.341 e. The molecule has 0 aliphatic carbocycles. The second-order valence-corrected chi connectivity index (χ2v) is 9.39. The summed E-state index contributed by atoms with van der Waals surface area (Å²) in [6, 6.07) is 1.96. The molecule has 1 aliphatic rings. The lowest BCUT2D eigenvalue weighted by molar-refractivity contribution is -0.123. The molecule has 0 spiro atoms. The second kappa shape index (κ2) is 9.02. The number of rotatable bonds is 8. The number of carbonyl (C=O) groups is 2. The lowest BCUT2D eigenvalue weighted by Gasteiger charge is -2.38. The number of anilines is 1. The van der Waals surface area contributed by atoms with Crippen LogP contribution in [0.1, 0.15) is 35.1 Å². The highest BCUT2D eigenvalue weighted by molar-refractivity contribution is 7.12. The Balaban J connectivity index is 1.37. The highest BCUT2D eigenvalue weighted by atomic mass is 32.1. The van der Waals surface area contributed by atoms with Crippen LogP contribution in [0.15, 0.2) is 34.8 Å². The van der Waals surface area contributed by atoms with Crippen molar-refractivity contribution >= 4 is 40.1 Å². The summed E-state index contributed by atoms with van der Waals surface area (Å²) in [5, 5.41) is 16.3.